The molecule has 1 N–H and O–H groups in total. The summed E-state index contributed by atoms with van der Waals surface area (Å²) in [7, 11) is 0. The van der Waals surface area contributed by atoms with E-state index in [1.54, 1.807) is 0 Å². The molecular formula is C19H26N4S. The van der Waals surface area contributed by atoms with Crippen LogP contribution >= 0.6 is 12.2 Å². The highest BCUT2D eigenvalue weighted by atomic mass is 32.1. The average molecular weight is 343 g/mol. The second kappa shape index (κ2) is 6.55. The molecule has 1 aliphatic heterocycles. The lowest BCUT2D eigenvalue weighted by molar-refractivity contribution is 0.268. The fourth-order valence-electron chi connectivity index (χ4n) is 3.87. The van der Waals surface area contributed by atoms with Crippen LogP contribution in [0.2, 0.25) is 0 Å². The van der Waals surface area contributed by atoms with Crippen LogP contribution in [0.5, 0.6) is 0 Å². The Bertz CT molecular complexity index is 735. The van der Waals surface area contributed by atoms with E-state index in [9.17, 15) is 0 Å². The number of hydrogen-bond acceptors (Lipinski definition) is 2. The molecule has 0 radical (unpaired) electrons. The van der Waals surface area contributed by atoms with Gasteiger partial charge in [0, 0.05) is 30.2 Å². The van der Waals surface area contributed by atoms with Crippen molar-refractivity contribution >= 4 is 17.3 Å². The van der Waals surface area contributed by atoms with Crippen molar-refractivity contribution in [3.63, 3.8) is 0 Å². The summed E-state index contributed by atoms with van der Waals surface area (Å²) in [6, 6.07) is 8.95. The monoisotopic (exact) mass is 342 g/mol. The van der Waals surface area contributed by atoms with Gasteiger partial charge in [0.2, 0.25) is 0 Å². The molecule has 0 aliphatic carbocycles. The summed E-state index contributed by atoms with van der Waals surface area (Å²) < 4.78 is 2.37. The summed E-state index contributed by atoms with van der Waals surface area (Å²) in [5, 5.41) is 4.32. The van der Waals surface area contributed by atoms with Gasteiger partial charge in [-0.3, -0.25) is 4.98 Å². The molecule has 2 aromatic heterocycles. The number of rotatable bonds is 4. The van der Waals surface area contributed by atoms with Crippen molar-refractivity contribution < 1.29 is 0 Å². The SMILES string of the molecule is CCn1c(C)cc([C@@H]2[C@@H](c3ccccn3)NC(=S)N2C(C)C)c1C. The number of hydrogen-bond donors (Lipinski definition) is 1. The van der Waals surface area contributed by atoms with E-state index in [0.717, 1.165) is 17.4 Å². The third-order valence-electron chi connectivity index (χ3n) is 4.94. The highest BCUT2D eigenvalue weighted by molar-refractivity contribution is 7.80. The Labute approximate surface area is 149 Å². The molecule has 2 atom stereocenters. The van der Waals surface area contributed by atoms with Gasteiger partial charge >= 0.3 is 0 Å². The third-order valence-corrected chi connectivity index (χ3v) is 5.27. The van der Waals surface area contributed by atoms with Gasteiger partial charge in [-0.15, -0.1) is 0 Å². The molecule has 3 heterocycles. The first-order chi connectivity index (χ1) is 11.5. The fourth-order valence-corrected chi connectivity index (χ4v) is 4.32. The zero-order valence-corrected chi connectivity index (χ0v) is 15.9. The number of thiocarbonyl (C=S) groups is 1. The van der Waals surface area contributed by atoms with Crippen molar-refractivity contribution in [1.29, 1.82) is 0 Å². The molecule has 5 heteroatoms. The van der Waals surface area contributed by atoms with Crippen LogP contribution < -0.4 is 5.32 Å². The van der Waals surface area contributed by atoms with Crippen molar-refractivity contribution in [2.75, 3.05) is 0 Å². The quantitative estimate of drug-likeness (QED) is 0.854. The average Bonchev–Trinajstić information content (AvgIpc) is 3.04. The lowest BCUT2D eigenvalue weighted by atomic mass is 9.96. The first-order valence-electron chi connectivity index (χ1n) is 8.62. The highest BCUT2D eigenvalue weighted by Gasteiger charge is 2.42. The molecule has 0 aromatic carbocycles. The molecular weight excluding hydrogens is 316 g/mol. The summed E-state index contributed by atoms with van der Waals surface area (Å²) in [6.45, 7) is 12.0. The topological polar surface area (TPSA) is 33.1 Å². The minimum atomic E-state index is 0.0758. The summed E-state index contributed by atoms with van der Waals surface area (Å²) in [4.78, 5) is 6.90. The molecule has 2 aromatic rings. The zero-order chi connectivity index (χ0) is 17.4. The van der Waals surface area contributed by atoms with E-state index in [0.29, 0.717) is 6.04 Å². The van der Waals surface area contributed by atoms with Crippen molar-refractivity contribution in [1.82, 2.24) is 19.8 Å². The summed E-state index contributed by atoms with van der Waals surface area (Å²) in [6.07, 6.45) is 1.85. The van der Waals surface area contributed by atoms with E-state index in [1.165, 1.54) is 17.0 Å². The molecule has 1 fully saturated rings. The Balaban J connectivity index is 2.13. The molecule has 24 heavy (non-hydrogen) atoms. The maximum absolute atomic E-state index is 5.66. The van der Waals surface area contributed by atoms with Crippen molar-refractivity contribution in [3.8, 4) is 0 Å². The van der Waals surface area contributed by atoms with Crippen LogP contribution in [0.1, 0.15) is 55.5 Å². The minimum Gasteiger partial charge on any atom is -0.352 e. The standard InChI is InChI=1S/C19H26N4S/c1-6-22-13(4)11-15(14(22)5)18-17(16-9-7-8-10-20-16)21-19(24)23(18)12(2)3/h7-12,17-18H,6H2,1-5H3,(H,21,24)/t17-,18-/m1/s1. The Kier molecular flexibility index (Phi) is 4.63. The van der Waals surface area contributed by atoms with Gasteiger partial charge in [0.15, 0.2) is 5.11 Å². The van der Waals surface area contributed by atoms with Crippen LogP contribution in [-0.2, 0) is 6.54 Å². The van der Waals surface area contributed by atoms with Crippen LogP contribution in [0.3, 0.4) is 0 Å². The number of pyridine rings is 1. The van der Waals surface area contributed by atoms with E-state index in [4.69, 9.17) is 12.2 Å². The predicted molar refractivity (Wildman–Crippen MR) is 102 cm³/mol. The fraction of sp³-hybridized carbons (Fsp3) is 0.474. The smallest absolute Gasteiger partial charge is 0.170 e. The first-order valence-corrected chi connectivity index (χ1v) is 9.02. The second-order valence-electron chi connectivity index (χ2n) is 6.70. The molecule has 0 unspecified atom stereocenters. The van der Waals surface area contributed by atoms with Gasteiger partial charge in [0.1, 0.15) is 0 Å². The second-order valence-corrected chi connectivity index (χ2v) is 7.09. The maximum atomic E-state index is 5.66. The van der Waals surface area contributed by atoms with Crippen molar-refractivity contribution in [2.24, 2.45) is 0 Å². The Morgan fingerprint density at radius 1 is 1.29 bits per heavy atom. The van der Waals surface area contributed by atoms with Crippen LogP contribution in [-0.4, -0.2) is 25.6 Å². The minimum absolute atomic E-state index is 0.0758. The van der Waals surface area contributed by atoms with E-state index >= 15 is 0 Å². The van der Waals surface area contributed by atoms with Crippen LogP contribution in [0.15, 0.2) is 30.5 Å². The third kappa shape index (κ3) is 2.71. The normalized spacial score (nSPS) is 20.8. The molecule has 3 rings (SSSR count). The molecule has 128 valence electrons. The maximum Gasteiger partial charge on any atom is 0.170 e. The van der Waals surface area contributed by atoms with Gasteiger partial charge < -0.3 is 14.8 Å². The van der Waals surface area contributed by atoms with Gasteiger partial charge in [0.25, 0.3) is 0 Å². The van der Waals surface area contributed by atoms with Gasteiger partial charge in [-0.05, 0) is 70.6 Å². The number of aryl methyl sites for hydroxylation is 1. The van der Waals surface area contributed by atoms with E-state index < -0.39 is 0 Å². The number of nitrogens with one attached hydrogen (secondary N) is 1. The summed E-state index contributed by atoms with van der Waals surface area (Å²) >= 11 is 5.66. The summed E-state index contributed by atoms with van der Waals surface area (Å²) in [5.41, 5.74) is 4.99. The van der Waals surface area contributed by atoms with Crippen molar-refractivity contribution in [2.45, 2.75) is 59.3 Å². The molecule has 0 bridgehead atoms. The lowest BCUT2D eigenvalue weighted by Crippen LogP contribution is -2.35. The van der Waals surface area contributed by atoms with Crippen LogP contribution in [0, 0.1) is 13.8 Å². The highest BCUT2D eigenvalue weighted by Crippen LogP contribution is 2.41. The Morgan fingerprint density at radius 3 is 2.58 bits per heavy atom. The molecule has 0 amide bonds. The van der Waals surface area contributed by atoms with E-state index in [-0.39, 0.29) is 12.1 Å². The zero-order valence-electron chi connectivity index (χ0n) is 15.1. The molecule has 0 spiro atoms. The van der Waals surface area contributed by atoms with Gasteiger partial charge in [-0.25, -0.2) is 0 Å². The molecule has 1 saturated heterocycles. The number of nitrogens with zero attached hydrogens (tertiary/aromatic N) is 3. The van der Waals surface area contributed by atoms with Crippen LogP contribution in [0.25, 0.3) is 0 Å². The largest absolute Gasteiger partial charge is 0.352 e. The molecule has 0 saturated carbocycles. The van der Waals surface area contributed by atoms with Gasteiger partial charge in [-0.2, -0.15) is 0 Å². The Hall–Kier alpha value is -1.88. The van der Waals surface area contributed by atoms with Crippen molar-refractivity contribution in [3.05, 3.63) is 53.1 Å². The molecule has 4 nitrogen and oxygen atoms in total. The summed E-state index contributed by atoms with van der Waals surface area (Å²) in [5.74, 6) is 0. The lowest BCUT2D eigenvalue weighted by Gasteiger charge is -2.31. The van der Waals surface area contributed by atoms with E-state index in [1.807, 2.05) is 18.3 Å². The number of aromatic nitrogens is 2. The Morgan fingerprint density at radius 2 is 2.04 bits per heavy atom. The van der Waals surface area contributed by atoms with Gasteiger partial charge in [0.05, 0.1) is 17.8 Å². The first kappa shape index (κ1) is 17.0. The van der Waals surface area contributed by atoms with E-state index in [2.05, 4.69) is 66.5 Å². The predicted octanol–water partition coefficient (Wildman–Crippen LogP) is 3.90. The van der Waals surface area contributed by atoms with Crippen LogP contribution in [0.4, 0.5) is 0 Å². The molecule has 1 aliphatic rings. The van der Waals surface area contributed by atoms with Gasteiger partial charge in [-0.1, -0.05) is 6.07 Å².